The molecule has 0 amide bonds. The Morgan fingerprint density at radius 2 is 1.11 bits per heavy atom. The second kappa shape index (κ2) is 13.7. The van der Waals surface area contributed by atoms with Crippen LogP contribution in [0.2, 0.25) is 0 Å². The summed E-state index contributed by atoms with van der Waals surface area (Å²) in [4.78, 5) is 1.14. The first kappa shape index (κ1) is 26.7. The van der Waals surface area contributed by atoms with Crippen molar-refractivity contribution < 1.29 is 18.9 Å². The fraction of sp³-hybridized carbons (Fsp3) is 0.273. The van der Waals surface area contributed by atoms with Gasteiger partial charge in [0.05, 0.1) is 26.4 Å². The number of hydrogen-bond acceptors (Lipinski definition) is 5. The van der Waals surface area contributed by atoms with E-state index >= 15 is 0 Å². The van der Waals surface area contributed by atoms with E-state index in [1.54, 1.807) is 11.8 Å². The van der Waals surface area contributed by atoms with Crippen LogP contribution in [0.15, 0.2) is 120 Å². The van der Waals surface area contributed by atoms with Crippen LogP contribution in [0.1, 0.15) is 22.3 Å². The normalized spacial score (nSPS) is 21.0. The molecular formula is C33H34O4S. The Labute approximate surface area is 229 Å². The van der Waals surface area contributed by atoms with E-state index in [-0.39, 0.29) is 23.7 Å². The van der Waals surface area contributed by atoms with Crippen molar-refractivity contribution in [1.29, 1.82) is 0 Å². The third-order valence-electron chi connectivity index (χ3n) is 6.50. The van der Waals surface area contributed by atoms with Crippen LogP contribution in [-0.4, -0.2) is 30.4 Å². The lowest BCUT2D eigenvalue weighted by atomic mass is 10.1. The molecule has 196 valence electrons. The number of thioether (sulfide) groups is 1. The first-order valence-electron chi connectivity index (χ1n) is 13.1. The van der Waals surface area contributed by atoms with Crippen LogP contribution in [0.4, 0.5) is 0 Å². The highest BCUT2D eigenvalue weighted by atomic mass is 32.2. The van der Waals surface area contributed by atoms with Crippen LogP contribution >= 0.6 is 11.8 Å². The van der Waals surface area contributed by atoms with Gasteiger partial charge in [0, 0.05) is 4.90 Å². The third kappa shape index (κ3) is 7.56. The first-order chi connectivity index (χ1) is 18.7. The summed E-state index contributed by atoms with van der Waals surface area (Å²) in [5, 5.41) is 0. The molecule has 0 radical (unpaired) electrons. The van der Waals surface area contributed by atoms with Crippen molar-refractivity contribution in [3.63, 3.8) is 0 Å². The molecule has 1 heterocycles. The summed E-state index contributed by atoms with van der Waals surface area (Å²) in [6.45, 7) is 4.02. The summed E-state index contributed by atoms with van der Waals surface area (Å²) in [6.07, 6.45) is -0.806. The van der Waals surface area contributed by atoms with Crippen LogP contribution in [-0.2, 0) is 38.8 Å². The Hall–Kier alpha value is -2.93. The molecule has 4 atom stereocenters. The number of rotatable bonds is 12. The maximum atomic E-state index is 6.62. The van der Waals surface area contributed by atoms with E-state index in [4.69, 9.17) is 18.9 Å². The fourth-order valence-corrected chi connectivity index (χ4v) is 5.58. The zero-order valence-electron chi connectivity index (χ0n) is 21.6. The van der Waals surface area contributed by atoms with Crippen molar-refractivity contribution >= 4 is 11.8 Å². The zero-order chi connectivity index (χ0) is 26.0. The predicted molar refractivity (Wildman–Crippen MR) is 152 cm³/mol. The van der Waals surface area contributed by atoms with Crippen LogP contribution in [0.25, 0.3) is 0 Å². The van der Waals surface area contributed by atoms with Gasteiger partial charge in [0.15, 0.2) is 0 Å². The highest BCUT2D eigenvalue weighted by Crippen LogP contribution is 2.38. The van der Waals surface area contributed by atoms with Gasteiger partial charge in [-0.3, -0.25) is 0 Å². The summed E-state index contributed by atoms with van der Waals surface area (Å²) in [5.41, 5.74) is 4.38. The van der Waals surface area contributed by atoms with Gasteiger partial charge in [-0.1, -0.05) is 120 Å². The molecule has 0 saturated carbocycles. The summed E-state index contributed by atoms with van der Waals surface area (Å²) in [6, 6.07) is 39.2. The molecule has 0 aromatic heterocycles. The molecule has 0 bridgehead atoms. The van der Waals surface area contributed by atoms with E-state index in [1.807, 2.05) is 54.6 Å². The molecule has 5 rings (SSSR count). The lowest BCUT2D eigenvalue weighted by Crippen LogP contribution is -2.38. The Balaban J connectivity index is 1.34. The molecule has 0 aliphatic carbocycles. The largest absolute Gasteiger partial charge is 0.374 e. The van der Waals surface area contributed by atoms with E-state index in [0.717, 1.165) is 21.6 Å². The fourth-order valence-electron chi connectivity index (χ4n) is 4.45. The topological polar surface area (TPSA) is 36.9 Å². The minimum Gasteiger partial charge on any atom is -0.374 e. The molecular weight excluding hydrogens is 492 g/mol. The monoisotopic (exact) mass is 526 g/mol. The van der Waals surface area contributed by atoms with Crippen molar-refractivity contribution in [3.05, 3.63) is 138 Å². The van der Waals surface area contributed by atoms with Crippen LogP contribution in [0, 0.1) is 6.92 Å². The zero-order valence-corrected chi connectivity index (χ0v) is 22.5. The van der Waals surface area contributed by atoms with Gasteiger partial charge in [-0.15, -0.1) is 0 Å². The second-order valence-corrected chi connectivity index (χ2v) is 10.7. The SMILES string of the molecule is Cc1ccc(S[C@H]2O[C@H](COCc3ccccc3)[C@@H](OCc3ccccc3)[C@H]2OCc2ccccc2)cc1. The van der Waals surface area contributed by atoms with Crippen molar-refractivity contribution in [3.8, 4) is 0 Å². The molecule has 5 heteroatoms. The Morgan fingerprint density at radius 3 is 1.66 bits per heavy atom. The first-order valence-corrected chi connectivity index (χ1v) is 13.9. The van der Waals surface area contributed by atoms with Gasteiger partial charge in [0.25, 0.3) is 0 Å². The van der Waals surface area contributed by atoms with E-state index < -0.39 is 0 Å². The Kier molecular flexibility index (Phi) is 9.64. The molecule has 1 fully saturated rings. The van der Waals surface area contributed by atoms with Gasteiger partial charge in [0.2, 0.25) is 0 Å². The number of hydrogen-bond donors (Lipinski definition) is 0. The van der Waals surface area contributed by atoms with Crippen LogP contribution in [0.3, 0.4) is 0 Å². The molecule has 4 aromatic rings. The van der Waals surface area contributed by atoms with Gasteiger partial charge in [0.1, 0.15) is 23.7 Å². The minimum absolute atomic E-state index is 0.229. The summed E-state index contributed by atoms with van der Waals surface area (Å²) in [7, 11) is 0. The molecule has 0 spiro atoms. The number of benzene rings is 4. The van der Waals surface area contributed by atoms with Gasteiger partial charge >= 0.3 is 0 Å². The third-order valence-corrected chi connectivity index (χ3v) is 7.66. The second-order valence-electron chi connectivity index (χ2n) is 9.50. The molecule has 4 nitrogen and oxygen atoms in total. The maximum absolute atomic E-state index is 6.62. The van der Waals surface area contributed by atoms with Crippen molar-refractivity contribution in [2.45, 2.75) is 55.4 Å². The van der Waals surface area contributed by atoms with Crippen molar-refractivity contribution in [1.82, 2.24) is 0 Å². The highest BCUT2D eigenvalue weighted by Gasteiger charge is 2.47. The van der Waals surface area contributed by atoms with E-state index in [2.05, 4.69) is 67.6 Å². The standard InChI is InChI=1S/C33H34O4S/c1-25-17-19-29(20-18-25)38-33-32(36-23-28-15-9-4-10-16-28)31(35-22-27-13-7-3-8-14-27)30(37-33)24-34-21-26-11-5-2-6-12-26/h2-20,30-33H,21-24H2,1H3/t30-,31-,32-,33-/m1/s1. The van der Waals surface area contributed by atoms with Gasteiger partial charge < -0.3 is 18.9 Å². The lowest BCUT2D eigenvalue weighted by molar-refractivity contribution is -0.0895. The average molecular weight is 527 g/mol. The predicted octanol–water partition coefficient (Wildman–Crippen LogP) is 7.20. The van der Waals surface area contributed by atoms with Crippen molar-refractivity contribution in [2.24, 2.45) is 0 Å². The summed E-state index contributed by atoms with van der Waals surface area (Å²) >= 11 is 1.68. The van der Waals surface area contributed by atoms with Crippen LogP contribution in [0.5, 0.6) is 0 Å². The summed E-state index contributed by atoms with van der Waals surface area (Å²) < 4.78 is 25.9. The molecule has 1 saturated heterocycles. The van der Waals surface area contributed by atoms with Crippen LogP contribution < -0.4 is 0 Å². The molecule has 4 aromatic carbocycles. The van der Waals surface area contributed by atoms with Gasteiger partial charge in [-0.2, -0.15) is 0 Å². The highest BCUT2D eigenvalue weighted by molar-refractivity contribution is 7.99. The van der Waals surface area contributed by atoms with E-state index in [1.165, 1.54) is 5.56 Å². The average Bonchev–Trinajstić information content (AvgIpc) is 3.29. The summed E-state index contributed by atoms with van der Waals surface area (Å²) in [5.74, 6) is 0. The number of aryl methyl sites for hydroxylation is 1. The minimum atomic E-state index is -0.280. The molecule has 0 unspecified atom stereocenters. The van der Waals surface area contributed by atoms with E-state index in [9.17, 15) is 0 Å². The quantitative estimate of drug-likeness (QED) is 0.195. The van der Waals surface area contributed by atoms with Crippen molar-refractivity contribution in [2.75, 3.05) is 6.61 Å². The van der Waals surface area contributed by atoms with Gasteiger partial charge in [-0.25, -0.2) is 0 Å². The molecule has 38 heavy (non-hydrogen) atoms. The van der Waals surface area contributed by atoms with Gasteiger partial charge in [-0.05, 0) is 35.7 Å². The smallest absolute Gasteiger partial charge is 0.137 e. The maximum Gasteiger partial charge on any atom is 0.137 e. The Bertz CT molecular complexity index is 1220. The molecule has 1 aliphatic heterocycles. The molecule has 0 N–H and O–H groups in total. The molecule has 1 aliphatic rings. The lowest BCUT2D eigenvalue weighted by Gasteiger charge is -2.25. The Morgan fingerprint density at radius 1 is 0.605 bits per heavy atom. The van der Waals surface area contributed by atoms with E-state index in [0.29, 0.717) is 26.4 Å². The number of ether oxygens (including phenoxy) is 4.